The maximum absolute atomic E-state index is 12.1. The van der Waals surface area contributed by atoms with E-state index in [0.717, 1.165) is 18.4 Å². The van der Waals surface area contributed by atoms with Gasteiger partial charge in [-0.3, -0.25) is 9.20 Å². The Kier molecular flexibility index (Phi) is 7.81. The van der Waals surface area contributed by atoms with E-state index in [1.807, 2.05) is 25.1 Å². The normalized spacial score (nSPS) is 11.0. The molecule has 2 heterocycles. The fourth-order valence-corrected chi connectivity index (χ4v) is 2.88. The molecule has 0 aliphatic carbocycles. The second kappa shape index (κ2) is 11.0. The van der Waals surface area contributed by atoms with Gasteiger partial charge in [0.2, 0.25) is 0 Å². The van der Waals surface area contributed by atoms with Gasteiger partial charge >= 0.3 is 5.97 Å². The molecule has 0 fully saturated rings. The van der Waals surface area contributed by atoms with Crippen molar-refractivity contribution in [2.45, 2.75) is 33.3 Å². The summed E-state index contributed by atoms with van der Waals surface area (Å²) in [6.45, 7) is 5.07. The number of carbonyl (C=O) groups excluding carboxylic acids is 1. The number of nitrogens with zero attached hydrogens (tertiary/aromatic N) is 2. The quantitative estimate of drug-likeness (QED) is 0.279. The highest BCUT2D eigenvalue weighted by Crippen LogP contribution is 2.29. The van der Waals surface area contributed by atoms with Crippen LogP contribution in [0.3, 0.4) is 0 Å². The Hall–Kier alpha value is -3.61. The van der Waals surface area contributed by atoms with E-state index in [1.54, 1.807) is 30.5 Å². The third-order valence-electron chi connectivity index (χ3n) is 4.42. The molecular formula is C24H26N2O5. The van der Waals surface area contributed by atoms with Gasteiger partial charge in [0.05, 0.1) is 18.9 Å². The maximum Gasteiger partial charge on any atom is 0.331 e. The largest absolute Gasteiger partial charge is 0.490 e. The molecule has 2 aromatic heterocycles. The van der Waals surface area contributed by atoms with Gasteiger partial charge in [-0.1, -0.05) is 25.5 Å². The number of fused-ring (bicyclic) bond motifs is 1. The molecule has 0 spiro atoms. The smallest absolute Gasteiger partial charge is 0.331 e. The van der Waals surface area contributed by atoms with Crippen molar-refractivity contribution in [2.24, 2.45) is 0 Å². The number of rotatable bonds is 10. The van der Waals surface area contributed by atoms with E-state index in [4.69, 9.17) is 14.2 Å². The number of esters is 1. The van der Waals surface area contributed by atoms with Crippen LogP contribution in [-0.2, 0) is 16.1 Å². The lowest BCUT2D eigenvalue weighted by Gasteiger charge is -2.12. The summed E-state index contributed by atoms with van der Waals surface area (Å²) < 4.78 is 18.1. The predicted molar refractivity (Wildman–Crippen MR) is 118 cm³/mol. The molecular weight excluding hydrogens is 396 g/mol. The Morgan fingerprint density at radius 2 is 1.97 bits per heavy atom. The molecule has 162 valence electrons. The first kappa shape index (κ1) is 22.1. The van der Waals surface area contributed by atoms with E-state index in [2.05, 4.69) is 11.9 Å². The van der Waals surface area contributed by atoms with Gasteiger partial charge in [-0.2, -0.15) is 0 Å². The van der Waals surface area contributed by atoms with Crippen molar-refractivity contribution >= 4 is 17.7 Å². The van der Waals surface area contributed by atoms with Crippen LogP contribution in [0, 0.1) is 0 Å². The lowest BCUT2D eigenvalue weighted by molar-refractivity contribution is -0.139. The number of unbranched alkanes of at least 4 members (excludes halogenated alkanes) is 1. The summed E-state index contributed by atoms with van der Waals surface area (Å²) in [5.74, 6) is 0.787. The number of hydrogen-bond acceptors (Lipinski definition) is 6. The van der Waals surface area contributed by atoms with Gasteiger partial charge in [-0.15, -0.1) is 0 Å². The van der Waals surface area contributed by atoms with Gasteiger partial charge in [0.15, 0.2) is 11.5 Å². The second-order valence-electron chi connectivity index (χ2n) is 6.80. The number of carbonyl (C=O) groups is 1. The highest BCUT2D eigenvalue weighted by atomic mass is 16.5. The first-order chi connectivity index (χ1) is 15.1. The molecule has 0 atom stereocenters. The van der Waals surface area contributed by atoms with Crippen molar-refractivity contribution in [1.82, 2.24) is 9.38 Å². The van der Waals surface area contributed by atoms with Crippen LogP contribution in [0.5, 0.6) is 11.5 Å². The first-order valence-electron chi connectivity index (χ1n) is 10.3. The Morgan fingerprint density at radius 1 is 1.10 bits per heavy atom. The van der Waals surface area contributed by atoms with Crippen molar-refractivity contribution in [3.8, 4) is 11.5 Å². The van der Waals surface area contributed by atoms with Gasteiger partial charge in [-0.05, 0) is 49.2 Å². The van der Waals surface area contributed by atoms with Crippen LogP contribution in [-0.4, -0.2) is 28.6 Å². The zero-order valence-corrected chi connectivity index (χ0v) is 17.7. The zero-order valence-electron chi connectivity index (χ0n) is 17.7. The van der Waals surface area contributed by atoms with Gasteiger partial charge in [0.1, 0.15) is 12.3 Å². The van der Waals surface area contributed by atoms with Gasteiger partial charge in [0.25, 0.3) is 5.56 Å². The minimum Gasteiger partial charge on any atom is -0.490 e. The predicted octanol–water partition coefficient (Wildman–Crippen LogP) is 4.03. The third kappa shape index (κ3) is 6.18. The molecule has 0 saturated heterocycles. The average molecular weight is 422 g/mol. The monoisotopic (exact) mass is 422 g/mol. The van der Waals surface area contributed by atoms with E-state index in [-0.39, 0.29) is 12.2 Å². The van der Waals surface area contributed by atoms with E-state index in [0.29, 0.717) is 36.1 Å². The number of ether oxygens (including phenoxy) is 3. The molecule has 0 unspecified atom stereocenters. The van der Waals surface area contributed by atoms with Crippen molar-refractivity contribution in [3.05, 3.63) is 76.3 Å². The minimum absolute atomic E-state index is 0.0851. The summed E-state index contributed by atoms with van der Waals surface area (Å²) in [6.07, 6.45) is 6.63. The molecule has 7 nitrogen and oxygen atoms in total. The average Bonchev–Trinajstić information content (AvgIpc) is 2.78. The zero-order chi connectivity index (χ0) is 22.1. The topological polar surface area (TPSA) is 79.1 Å². The SMILES string of the molecule is CCCCOc1ccc(/C=C/C(=O)OCc2cc(=O)n3ccccc3n2)cc1OCC. The van der Waals surface area contributed by atoms with Crippen LogP contribution < -0.4 is 15.0 Å². The van der Waals surface area contributed by atoms with Crippen molar-refractivity contribution in [3.63, 3.8) is 0 Å². The minimum atomic E-state index is -0.531. The molecule has 0 radical (unpaired) electrons. The fraction of sp³-hybridized carbons (Fsp3) is 0.292. The van der Waals surface area contributed by atoms with E-state index in [9.17, 15) is 9.59 Å². The molecule has 0 N–H and O–H groups in total. The highest BCUT2D eigenvalue weighted by molar-refractivity contribution is 5.87. The molecule has 1 aromatic carbocycles. The van der Waals surface area contributed by atoms with Crippen LogP contribution in [0.15, 0.2) is 59.5 Å². The Balaban J connectivity index is 1.63. The Labute approximate surface area is 180 Å². The molecule has 0 aliphatic rings. The Morgan fingerprint density at radius 3 is 2.77 bits per heavy atom. The van der Waals surface area contributed by atoms with Crippen LogP contribution in [0.1, 0.15) is 37.9 Å². The molecule has 0 bridgehead atoms. The molecule has 7 heteroatoms. The maximum atomic E-state index is 12.1. The summed E-state index contributed by atoms with van der Waals surface area (Å²) in [5, 5.41) is 0. The summed E-state index contributed by atoms with van der Waals surface area (Å²) in [6, 6.07) is 12.1. The summed E-state index contributed by atoms with van der Waals surface area (Å²) in [4.78, 5) is 28.5. The van der Waals surface area contributed by atoms with Gasteiger partial charge in [0, 0.05) is 18.3 Å². The molecule has 31 heavy (non-hydrogen) atoms. The first-order valence-corrected chi connectivity index (χ1v) is 10.3. The molecule has 3 aromatic rings. The van der Waals surface area contributed by atoms with Crippen molar-refractivity contribution in [2.75, 3.05) is 13.2 Å². The Bertz CT molecular complexity index is 1120. The van der Waals surface area contributed by atoms with Crippen LogP contribution in [0.25, 0.3) is 11.7 Å². The number of pyridine rings is 1. The lowest BCUT2D eigenvalue weighted by Crippen LogP contribution is -2.16. The summed E-state index contributed by atoms with van der Waals surface area (Å²) in [5.41, 5.74) is 1.45. The summed E-state index contributed by atoms with van der Waals surface area (Å²) in [7, 11) is 0. The number of aromatic nitrogens is 2. The van der Waals surface area contributed by atoms with Gasteiger partial charge in [-0.25, -0.2) is 9.78 Å². The molecule has 3 rings (SSSR count). The van der Waals surface area contributed by atoms with E-state index >= 15 is 0 Å². The van der Waals surface area contributed by atoms with Crippen LogP contribution in [0.4, 0.5) is 0 Å². The standard InChI is InChI=1S/C24H26N2O5/c1-3-5-14-30-20-11-9-18(15-21(20)29-4-2)10-12-24(28)31-17-19-16-23(27)26-13-7-6-8-22(26)25-19/h6-13,15-16H,3-5,14,17H2,1-2H3/b12-10+. The van der Waals surface area contributed by atoms with E-state index < -0.39 is 5.97 Å². The number of benzene rings is 1. The van der Waals surface area contributed by atoms with Crippen LogP contribution >= 0.6 is 0 Å². The number of hydrogen-bond donors (Lipinski definition) is 0. The van der Waals surface area contributed by atoms with Crippen molar-refractivity contribution < 1.29 is 19.0 Å². The van der Waals surface area contributed by atoms with Crippen LogP contribution in [0.2, 0.25) is 0 Å². The molecule has 0 aliphatic heterocycles. The summed E-state index contributed by atoms with van der Waals surface area (Å²) >= 11 is 0. The van der Waals surface area contributed by atoms with Gasteiger partial charge < -0.3 is 14.2 Å². The fourth-order valence-electron chi connectivity index (χ4n) is 2.88. The lowest BCUT2D eigenvalue weighted by atomic mass is 10.2. The molecule has 0 amide bonds. The third-order valence-corrected chi connectivity index (χ3v) is 4.42. The molecule has 0 saturated carbocycles. The highest BCUT2D eigenvalue weighted by Gasteiger charge is 2.07. The second-order valence-corrected chi connectivity index (χ2v) is 6.80. The van der Waals surface area contributed by atoms with Crippen molar-refractivity contribution in [1.29, 1.82) is 0 Å². The van der Waals surface area contributed by atoms with E-state index in [1.165, 1.54) is 16.5 Å².